The summed E-state index contributed by atoms with van der Waals surface area (Å²) in [6, 6.07) is 16.3. The van der Waals surface area contributed by atoms with Crippen molar-refractivity contribution >= 4 is 11.7 Å². The van der Waals surface area contributed by atoms with Crippen LogP contribution in [0.4, 0.5) is 19.3 Å². The Balaban J connectivity index is 1.39. The molecule has 166 valence electrons. The van der Waals surface area contributed by atoms with Crippen molar-refractivity contribution in [2.45, 2.75) is 26.7 Å². The molecule has 0 unspecified atom stereocenters. The lowest BCUT2D eigenvalue weighted by Gasteiger charge is -2.20. The van der Waals surface area contributed by atoms with Crippen LogP contribution in [-0.4, -0.2) is 24.1 Å². The first-order valence-electron chi connectivity index (χ1n) is 10.4. The molecule has 1 heterocycles. The van der Waals surface area contributed by atoms with Crippen molar-refractivity contribution in [2.24, 2.45) is 0 Å². The molecule has 7 heteroatoms. The SMILES string of the molecule is Cc1ccc(NC(=O)N2CCOc3ccc(COCc4ccc(F)cc4)cc3C2)cc1F. The lowest BCUT2D eigenvalue weighted by Crippen LogP contribution is -2.36. The van der Waals surface area contributed by atoms with E-state index in [4.69, 9.17) is 9.47 Å². The number of nitrogens with one attached hydrogen (secondary N) is 1. The van der Waals surface area contributed by atoms with Crippen LogP contribution in [0.2, 0.25) is 0 Å². The van der Waals surface area contributed by atoms with Crippen molar-refractivity contribution in [3.05, 3.63) is 94.6 Å². The van der Waals surface area contributed by atoms with Gasteiger partial charge in [-0.25, -0.2) is 13.6 Å². The summed E-state index contributed by atoms with van der Waals surface area (Å²) >= 11 is 0. The molecule has 0 aromatic heterocycles. The summed E-state index contributed by atoms with van der Waals surface area (Å²) in [5, 5.41) is 2.75. The number of urea groups is 1. The van der Waals surface area contributed by atoms with Crippen molar-refractivity contribution < 1.29 is 23.0 Å². The molecule has 2 amide bonds. The Morgan fingerprint density at radius 1 is 1.03 bits per heavy atom. The third kappa shape index (κ3) is 5.42. The summed E-state index contributed by atoms with van der Waals surface area (Å²) in [4.78, 5) is 14.4. The van der Waals surface area contributed by atoms with Crippen molar-refractivity contribution in [3.8, 4) is 5.75 Å². The van der Waals surface area contributed by atoms with Crippen LogP contribution in [0, 0.1) is 18.6 Å². The van der Waals surface area contributed by atoms with Gasteiger partial charge in [0.25, 0.3) is 0 Å². The largest absolute Gasteiger partial charge is 0.491 e. The predicted octanol–water partition coefficient (Wildman–Crippen LogP) is 5.42. The zero-order valence-corrected chi connectivity index (χ0v) is 17.7. The molecule has 1 N–H and O–H groups in total. The van der Waals surface area contributed by atoms with Gasteiger partial charge in [-0.3, -0.25) is 0 Å². The lowest BCUT2D eigenvalue weighted by atomic mass is 10.1. The van der Waals surface area contributed by atoms with Crippen LogP contribution in [0.25, 0.3) is 0 Å². The fourth-order valence-corrected chi connectivity index (χ4v) is 3.45. The number of hydrogen-bond acceptors (Lipinski definition) is 3. The Hall–Kier alpha value is -3.45. The molecule has 0 atom stereocenters. The zero-order chi connectivity index (χ0) is 22.5. The van der Waals surface area contributed by atoms with Crippen LogP contribution in [0.3, 0.4) is 0 Å². The average Bonchev–Trinajstić information content (AvgIpc) is 3.00. The van der Waals surface area contributed by atoms with Crippen molar-refractivity contribution in [1.29, 1.82) is 0 Å². The van der Waals surface area contributed by atoms with Gasteiger partial charge in [0.1, 0.15) is 24.0 Å². The zero-order valence-electron chi connectivity index (χ0n) is 17.7. The van der Waals surface area contributed by atoms with E-state index in [0.29, 0.717) is 44.2 Å². The van der Waals surface area contributed by atoms with Gasteiger partial charge in [0.15, 0.2) is 0 Å². The Labute approximate surface area is 185 Å². The minimum atomic E-state index is -0.363. The topological polar surface area (TPSA) is 50.8 Å². The number of ether oxygens (including phenoxy) is 2. The summed E-state index contributed by atoms with van der Waals surface area (Å²) in [5.74, 6) is 0.0854. The van der Waals surface area contributed by atoms with Gasteiger partial charge < -0.3 is 19.7 Å². The number of amides is 2. The molecular formula is C25H24F2N2O3. The fraction of sp³-hybridized carbons (Fsp3) is 0.240. The van der Waals surface area contributed by atoms with Crippen LogP contribution >= 0.6 is 0 Å². The van der Waals surface area contributed by atoms with Crippen LogP contribution in [0.1, 0.15) is 22.3 Å². The molecule has 32 heavy (non-hydrogen) atoms. The monoisotopic (exact) mass is 438 g/mol. The maximum atomic E-state index is 13.8. The number of anilines is 1. The van der Waals surface area contributed by atoms with Crippen molar-refractivity contribution in [1.82, 2.24) is 4.90 Å². The number of fused-ring (bicyclic) bond motifs is 1. The molecule has 0 aliphatic carbocycles. The molecule has 3 aromatic rings. The highest BCUT2D eigenvalue weighted by Gasteiger charge is 2.20. The second kappa shape index (κ2) is 9.78. The second-order valence-electron chi connectivity index (χ2n) is 7.73. The number of rotatable bonds is 5. The van der Waals surface area contributed by atoms with E-state index in [1.54, 1.807) is 36.1 Å². The fourth-order valence-electron chi connectivity index (χ4n) is 3.45. The van der Waals surface area contributed by atoms with E-state index in [1.807, 2.05) is 18.2 Å². The lowest BCUT2D eigenvalue weighted by molar-refractivity contribution is 0.107. The third-order valence-corrected chi connectivity index (χ3v) is 5.27. The quantitative estimate of drug-likeness (QED) is 0.579. The Morgan fingerprint density at radius 2 is 1.78 bits per heavy atom. The molecule has 1 aliphatic heterocycles. The summed E-state index contributed by atoms with van der Waals surface area (Å²) < 4.78 is 38.3. The minimum Gasteiger partial charge on any atom is -0.491 e. The third-order valence-electron chi connectivity index (χ3n) is 5.27. The van der Waals surface area contributed by atoms with E-state index in [-0.39, 0.29) is 17.7 Å². The van der Waals surface area contributed by atoms with Crippen molar-refractivity contribution in [2.75, 3.05) is 18.5 Å². The molecule has 0 fully saturated rings. The number of aryl methyl sites for hydroxylation is 1. The van der Waals surface area contributed by atoms with E-state index in [1.165, 1.54) is 18.2 Å². The van der Waals surface area contributed by atoms with E-state index in [0.717, 1.165) is 22.4 Å². The number of hydrogen-bond donors (Lipinski definition) is 1. The van der Waals surface area contributed by atoms with Crippen molar-refractivity contribution in [3.63, 3.8) is 0 Å². The Morgan fingerprint density at radius 3 is 2.56 bits per heavy atom. The van der Waals surface area contributed by atoms with E-state index < -0.39 is 0 Å². The van der Waals surface area contributed by atoms with E-state index >= 15 is 0 Å². The molecule has 3 aromatic carbocycles. The smallest absolute Gasteiger partial charge is 0.322 e. The van der Waals surface area contributed by atoms with Gasteiger partial charge in [-0.2, -0.15) is 0 Å². The predicted molar refractivity (Wildman–Crippen MR) is 117 cm³/mol. The highest BCUT2D eigenvalue weighted by atomic mass is 19.1. The van der Waals surface area contributed by atoms with E-state index in [2.05, 4.69) is 5.32 Å². The van der Waals surface area contributed by atoms with E-state index in [9.17, 15) is 13.6 Å². The molecule has 0 radical (unpaired) electrons. The summed E-state index contributed by atoms with van der Waals surface area (Å²) in [6.07, 6.45) is 0. The van der Waals surface area contributed by atoms with Gasteiger partial charge in [-0.1, -0.05) is 24.3 Å². The summed E-state index contributed by atoms with van der Waals surface area (Å²) in [5.41, 5.74) is 3.63. The number of nitrogens with zero attached hydrogens (tertiary/aromatic N) is 1. The first-order valence-corrected chi connectivity index (χ1v) is 10.4. The van der Waals surface area contributed by atoms with Gasteiger partial charge in [0, 0.05) is 11.3 Å². The van der Waals surface area contributed by atoms with Gasteiger partial charge in [0.2, 0.25) is 0 Å². The van der Waals surface area contributed by atoms with Gasteiger partial charge >= 0.3 is 6.03 Å². The molecular weight excluding hydrogens is 414 g/mol. The highest BCUT2D eigenvalue weighted by molar-refractivity contribution is 5.89. The molecule has 0 spiro atoms. The van der Waals surface area contributed by atoms with Crippen LogP contribution < -0.4 is 10.1 Å². The number of halogens is 2. The Bertz CT molecular complexity index is 1100. The average molecular weight is 438 g/mol. The van der Waals surface area contributed by atoms with Crippen LogP contribution in [-0.2, 0) is 24.5 Å². The molecule has 4 rings (SSSR count). The molecule has 1 aliphatic rings. The van der Waals surface area contributed by atoms with Gasteiger partial charge in [-0.05, 0) is 60.0 Å². The maximum absolute atomic E-state index is 13.8. The normalized spacial score (nSPS) is 13.2. The van der Waals surface area contributed by atoms with Gasteiger partial charge in [-0.15, -0.1) is 0 Å². The standard InChI is InChI=1S/C25H24F2N2O3/c1-17-2-8-22(13-23(17)27)28-25(30)29-10-11-32-24-9-5-19(12-20(24)14-29)16-31-15-18-3-6-21(26)7-4-18/h2-9,12-13H,10-11,14-16H2,1H3,(H,28,30). The molecule has 0 saturated heterocycles. The first kappa shape index (κ1) is 21.8. The second-order valence-corrected chi connectivity index (χ2v) is 7.73. The minimum absolute atomic E-state index is 0.277. The van der Waals surface area contributed by atoms with Gasteiger partial charge in [0.05, 0.1) is 26.3 Å². The molecule has 0 bridgehead atoms. The summed E-state index contributed by atoms with van der Waals surface area (Å²) in [6.45, 7) is 3.55. The molecule has 5 nitrogen and oxygen atoms in total. The maximum Gasteiger partial charge on any atom is 0.322 e. The first-order chi connectivity index (χ1) is 15.5. The highest BCUT2D eigenvalue weighted by Crippen LogP contribution is 2.25. The molecule has 0 saturated carbocycles. The van der Waals surface area contributed by atoms with Crippen LogP contribution in [0.5, 0.6) is 5.75 Å². The number of carbonyl (C=O) groups is 1. The number of carbonyl (C=O) groups excluding carboxylic acids is 1. The number of benzene rings is 3. The van der Waals surface area contributed by atoms with Crippen LogP contribution in [0.15, 0.2) is 60.7 Å². The Kier molecular flexibility index (Phi) is 6.66. The summed E-state index contributed by atoms with van der Waals surface area (Å²) in [7, 11) is 0.